The third-order valence-electron chi connectivity index (χ3n) is 3.01. The molecule has 94 valence electrons. The number of nitrogens with one attached hydrogen (secondary N) is 1. The lowest BCUT2D eigenvalue weighted by Crippen LogP contribution is -2.13. The van der Waals surface area contributed by atoms with Crippen molar-refractivity contribution in [2.24, 2.45) is 0 Å². The minimum absolute atomic E-state index is 0.186. The molecule has 18 heavy (non-hydrogen) atoms. The van der Waals surface area contributed by atoms with Crippen LogP contribution >= 0.6 is 11.3 Å². The molecule has 0 bridgehead atoms. The van der Waals surface area contributed by atoms with Crippen molar-refractivity contribution < 1.29 is 4.79 Å². The standard InChI is InChI=1S/C12H14N4OS/c1-2-16-7-6-9(15-16)11(17)14-12-13-8-4-3-5-10(8)18-12/h6-7H,2-5H2,1H3,(H,13,14,17). The van der Waals surface area contributed by atoms with E-state index in [4.69, 9.17) is 0 Å². The van der Waals surface area contributed by atoms with Crippen LogP contribution in [0.1, 0.15) is 34.4 Å². The summed E-state index contributed by atoms with van der Waals surface area (Å²) in [6.07, 6.45) is 5.11. The highest BCUT2D eigenvalue weighted by Crippen LogP contribution is 2.30. The van der Waals surface area contributed by atoms with E-state index in [1.54, 1.807) is 28.3 Å². The molecular formula is C12H14N4OS. The van der Waals surface area contributed by atoms with Crippen LogP contribution in [0.4, 0.5) is 5.13 Å². The Kier molecular flexibility index (Phi) is 2.87. The molecule has 1 N–H and O–H groups in total. The van der Waals surface area contributed by atoms with E-state index in [2.05, 4.69) is 15.4 Å². The predicted octanol–water partition coefficient (Wildman–Crippen LogP) is 2.10. The number of rotatable bonds is 3. The maximum Gasteiger partial charge on any atom is 0.277 e. The number of carbonyl (C=O) groups is 1. The van der Waals surface area contributed by atoms with Gasteiger partial charge in [0.05, 0.1) is 5.69 Å². The largest absolute Gasteiger partial charge is 0.296 e. The van der Waals surface area contributed by atoms with E-state index >= 15 is 0 Å². The van der Waals surface area contributed by atoms with Gasteiger partial charge in [-0.1, -0.05) is 0 Å². The van der Waals surface area contributed by atoms with Crippen LogP contribution in [0.2, 0.25) is 0 Å². The lowest BCUT2D eigenvalue weighted by Gasteiger charge is -1.98. The lowest BCUT2D eigenvalue weighted by atomic mass is 10.4. The summed E-state index contributed by atoms with van der Waals surface area (Å²) in [6.45, 7) is 2.75. The fraction of sp³-hybridized carbons (Fsp3) is 0.417. The molecule has 2 aromatic rings. The van der Waals surface area contributed by atoms with Crippen LogP contribution < -0.4 is 5.32 Å². The maximum atomic E-state index is 11.9. The van der Waals surface area contributed by atoms with E-state index in [0.717, 1.165) is 25.1 Å². The SMILES string of the molecule is CCn1ccc(C(=O)Nc2nc3c(s2)CCC3)n1. The average Bonchev–Trinajstić information content (AvgIpc) is 3.02. The highest BCUT2D eigenvalue weighted by Gasteiger charge is 2.18. The number of aromatic nitrogens is 3. The molecule has 0 unspecified atom stereocenters. The van der Waals surface area contributed by atoms with E-state index in [0.29, 0.717) is 10.8 Å². The summed E-state index contributed by atoms with van der Waals surface area (Å²) >= 11 is 1.58. The van der Waals surface area contributed by atoms with E-state index in [1.807, 2.05) is 6.92 Å². The van der Waals surface area contributed by atoms with Crippen molar-refractivity contribution in [1.82, 2.24) is 14.8 Å². The molecule has 0 radical (unpaired) electrons. The van der Waals surface area contributed by atoms with Gasteiger partial charge in [-0.3, -0.25) is 14.8 Å². The second-order valence-corrected chi connectivity index (χ2v) is 5.34. The predicted molar refractivity (Wildman–Crippen MR) is 70.0 cm³/mol. The molecule has 0 saturated heterocycles. The Morgan fingerprint density at radius 1 is 1.56 bits per heavy atom. The first-order valence-electron chi connectivity index (χ1n) is 6.09. The zero-order chi connectivity index (χ0) is 12.5. The number of anilines is 1. The molecule has 2 heterocycles. The first-order valence-corrected chi connectivity index (χ1v) is 6.91. The van der Waals surface area contributed by atoms with Crippen LogP contribution in [0.15, 0.2) is 12.3 Å². The summed E-state index contributed by atoms with van der Waals surface area (Å²) in [5.41, 5.74) is 1.58. The zero-order valence-corrected chi connectivity index (χ0v) is 11.0. The number of fused-ring (bicyclic) bond motifs is 1. The second kappa shape index (κ2) is 4.53. The highest BCUT2D eigenvalue weighted by atomic mass is 32.1. The Morgan fingerprint density at radius 2 is 2.44 bits per heavy atom. The number of nitrogens with zero attached hydrogens (tertiary/aromatic N) is 3. The zero-order valence-electron chi connectivity index (χ0n) is 10.1. The third-order valence-corrected chi connectivity index (χ3v) is 4.09. The Labute approximate surface area is 109 Å². The molecule has 0 aromatic carbocycles. The van der Waals surface area contributed by atoms with Gasteiger partial charge in [-0.05, 0) is 32.3 Å². The summed E-state index contributed by atoms with van der Waals surface area (Å²) in [6, 6.07) is 1.72. The van der Waals surface area contributed by atoms with Crippen LogP contribution in [-0.2, 0) is 19.4 Å². The van der Waals surface area contributed by atoms with Crippen molar-refractivity contribution in [3.63, 3.8) is 0 Å². The average molecular weight is 262 g/mol. The number of aryl methyl sites for hydroxylation is 3. The first-order chi connectivity index (χ1) is 8.76. The van der Waals surface area contributed by atoms with Gasteiger partial charge >= 0.3 is 0 Å². The van der Waals surface area contributed by atoms with Gasteiger partial charge in [0.2, 0.25) is 0 Å². The molecule has 0 fully saturated rings. The number of thiazole rings is 1. The fourth-order valence-electron chi connectivity index (χ4n) is 2.06. The molecular weight excluding hydrogens is 248 g/mol. The van der Waals surface area contributed by atoms with Crippen molar-refractivity contribution in [2.75, 3.05) is 5.32 Å². The smallest absolute Gasteiger partial charge is 0.277 e. The Balaban J connectivity index is 1.73. The van der Waals surface area contributed by atoms with Gasteiger partial charge in [0.25, 0.3) is 5.91 Å². The molecule has 6 heteroatoms. The minimum Gasteiger partial charge on any atom is -0.296 e. The van der Waals surface area contributed by atoms with Crippen molar-refractivity contribution in [2.45, 2.75) is 32.7 Å². The van der Waals surface area contributed by atoms with Gasteiger partial charge in [0.15, 0.2) is 10.8 Å². The number of amides is 1. The van der Waals surface area contributed by atoms with Crippen LogP contribution in [0.25, 0.3) is 0 Å². The van der Waals surface area contributed by atoms with Gasteiger partial charge in [-0.25, -0.2) is 4.98 Å². The number of carbonyl (C=O) groups excluding carboxylic acids is 1. The summed E-state index contributed by atoms with van der Waals surface area (Å²) in [5.74, 6) is -0.186. The summed E-state index contributed by atoms with van der Waals surface area (Å²) in [4.78, 5) is 17.7. The molecule has 1 aliphatic carbocycles. The molecule has 0 aliphatic heterocycles. The van der Waals surface area contributed by atoms with Crippen molar-refractivity contribution in [3.05, 3.63) is 28.5 Å². The molecule has 0 spiro atoms. The van der Waals surface area contributed by atoms with Crippen molar-refractivity contribution >= 4 is 22.4 Å². The highest BCUT2D eigenvalue weighted by molar-refractivity contribution is 7.15. The quantitative estimate of drug-likeness (QED) is 0.921. The summed E-state index contributed by atoms with van der Waals surface area (Å²) < 4.78 is 1.73. The van der Waals surface area contributed by atoms with Crippen molar-refractivity contribution in [1.29, 1.82) is 0 Å². The molecule has 2 aromatic heterocycles. The van der Waals surface area contributed by atoms with Crippen LogP contribution in [0.3, 0.4) is 0 Å². The molecule has 5 nitrogen and oxygen atoms in total. The van der Waals surface area contributed by atoms with E-state index in [1.165, 1.54) is 11.3 Å². The second-order valence-electron chi connectivity index (χ2n) is 4.25. The Morgan fingerprint density at radius 3 is 3.17 bits per heavy atom. The van der Waals surface area contributed by atoms with Gasteiger partial charge in [-0.15, -0.1) is 11.3 Å². The lowest BCUT2D eigenvalue weighted by molar-refractivity contribution is 0.102. The third kappa shape index (κ3) is 2.03. The molecule has 1 amide bonds. The van der Waals surface area contributed by atoms with Gasteiger partial charge in [0.1, 0.15) is 0 Å². The van der Waals surface area contributed by atoms with E-state index in [-0.39, 0.29) is 5.91 Å². The first kappa shape index (κ1) is 11.4. The Bertz CT molecular complexity index is 565. The monoisotopic (exact) mass is 262 g/mol. The minimum atomic E-state index is -0.186. The Hall–Kier alpha value is -1.69. The maximum absolute atomic E-state index is 11.9. The van der Waals surface area contributed by atoms with Crippen molar-refractivity contribution in [3.8, 4) is 0 Å². The van der Waals surface area contributed by atoms with E-state index < -0.39 is 0 Å². The van der Waals surface area contributed by atoms with Gasteiger partial charge in [-0.2, -0.15) is 5.10 Å². The van der Waals surface area contributed by atoms with Crippen LogP contribution in [0.5, 0.6) is 0 Å². The molecule has 3 rings (SSSR count). The fourth-order valence-corrected chi connectivity index (χ4v) is 3.11. The van der Waals surface area contributed by atoms with E-state index in [9.17, 15) is 4.79 Å². The van der Waals surface area contributed by atoms with Crippen LogP contribution in [0, 0.1) is 0 Å². The summed E-state index contributed by atoms with van der Waals surface area (Å²) in [5, 5.41) is 7.68. The number of hydrogen-bond acceptors (Lipinski definition) is 4. The molecule has 0 saturated carbocycles. The molecule has 1 aliphatic rings. The van der Waals surface area contributed by atoms with Gasteiger partial charge < -0.3 is 0 Å². The normalized spacial score (nSPS) is 13.6. The summed E-state index contributed by atoms with van der Waals surface area (Å²) in [7, 11) is 0. The van der Waals surface area contributed by atoms with Gasteiger partial charge in [0, 0.05) is 17.6 Å². The number of hydrogen-bond donors (Lipinski definition) is 1. The molecule has 0 atom stereocenters. The topological polar surface area (TPSA) is 59.8 Å². The van der Waals surface area contributed by atoms with Crippen LogP contribution in [-0.4, -0.2) is 20.7 Å².